The first-order valence-corrected chi connectivity index (χ1v) is 13.5. The fraction of sp³-hybridized carbons (Fsp3) is 0.419. The summed E-state index contributed by atoms with van der Waals surface area (Å²) in [6, 6.07) is 12.2. The van der Waals surface area contributed by atoms with Crippen LogP contribution in [0.2, 0.25) is 0 Å². The Kier molecular flexibility index (Phi) is 11.9. The van der Waals surface area contributed by atoms with E-state index in [1.807, 2.05) is 6.08 Å². The summed E-state index contributed by atoms with van der Waals surface area (Å²) in [5.74, 6) is -0.782. The molecular formula is C31H40N2O5. The summed E-state index contributed by atoms with van der Waals surface area (Å²) < 4.78 is 17.0. The van der Waals surface area contributed by atoms with Gasteiger partial charge in [-0.2, -0.15) is 0 Å². The fourth-order valence-electron chi connectivity index (χ4n) is 4.40. The van der Waals surface area contributed by atoms with Crippen LogP contribution in [0.4, 0.5) is 11.4 Å². The quantitative estimate of drug-likeness (QED) is 0.105. The molecule has 0 aliphatic heterocycles. The van der Waals surface area contributed by atoms with E-state index >= 15 is 0 Å². The molecule has 0 amide bonds. The van der Waals surface area contributed by atoms with Gasteiger partial charge in [-0.05, 0) is 92.5 Å². The lowest BCUT2D eigenvalue weighted by molar-refractivity contribution is -0.137. The second-order valence-electron chi connectivity index (χ2n) is 9.64. The van der Waals surface area contributed by atoms with E-state index in [0.29, 0.717) is 23.4 Å². The third-order valence-electron chi connectivity index (χ3n) is 6.64. The molecule has 0 aromatic heterocycles. The Labute approximate surface area is 225 Å². The van der Waals surface area contributed by atoms with Gasteiger partial charge in [-0.1, -0.05) is 24.6 Å². The molecule has 0 radical (unpaired) electrons. The number of nitrogen functional groups attached to an aromatic ring is 2. The molecule has 0 unspecified atom stereocenters. The normalized spacial score (nSPS) is 17.3. The van der Waals surface area contributed by atoms with Gasteiger partial charge in [0, 0.05) is 30.5 Å². The molecule has 4 N–H and O–H groups in total. The van der Waals surface area contributed by atoms with E-state index in [1.165, 1.54) is 18.9 Å². The van der Waals surface area contributed by atoms with E-state index in [1.54, 1.807) is 48.5 Å². The SMILES string of the molecule is C=CCCCCCOC1CCC(OC(=O)c2ccc(/C=C/C(=O)OCCc3cc(N)ccc3N)cc2)CC1. The number of anilines is 2. The molecule has 0 bridgehead atoms. The van der Waals surface area contributed by atoms with Crippen molar-refractivity contribution < 1.29 is 23.8 Å². The zero-order valence-corrected chi connectivity index (χ0v) is 22.1. The zero-order valence-electron chi connectivity index (χ0n) is 22.1. The number of hydrogen-bond donors (Lipinski definition) is 2. The number of carbonyl (C=O) groups is 2. The Morgan fingerprint density at radius 2 is 1.66 bits per heavy atom. The zero-order chi connectivity index (χ0) is 27.2. The number of unbranched alkanes of at least 4 members (excludes halogenated alkanes) is 3. The van der Waals surface area contributed by atoms with Gasteiger partial charge in [-0.3, -0.25) is 0 Å². The lowest BCUT2D eigenvalue weighted by Crippen LogP contribution is -2.28. The van der Waals surface area contributed by atoms with E-state index < -0.39 is 5.97 Å². The van der Waals surface area contributed by atoms with Crippen LogP contribution in [0.25, 0.3) is 6.08 Å². The smallest absolute Gasteiger partial charge is 0.338 e. The number of esters is 2. The van der Waals surface area contributed by atoms with Gasteiger partial charge in [0.1, 0.15) is 6.10 Å². The number of ether oxygens (including phenoxy) is 3. The molecule has 0 heterocycles. The molecule has 3 rings (SSSR count). The minimum atomic E-state index is -0.455. The highest BCUT2D eigenvalue weighted by molar-refractivity contribution is 5.90. The van der Waals surface area contributed by atoms with Gasteiger partial charge < -0.3 is 25.7 Å². The van der Waals surface area contributed by atoms with Crippen molar-refractivity contribution in [2.24, 2.45) is 0 Å². The van der Waals surface area contributed by atoms with E-state index in [-0.39, 0.29) is 24.8 Å². The van der Waals surface area contributed by atoms with E-state index in [4.69, 9.17) is 25.7 Å². The Bertz CT molecular complexity index is 1070. The summed E-state index contributed by atoms with van der Waals surface area (Å²) in [5, 5.41) is 0. The first kappa shape index (κ1) is 29.0. The summed E-state index contributed by atoms with van der Waals surface area (Å²) in [5.41, 5.74) is 15.0. The maximum absolute atomic E-state index is 12.6. The van der Waals surface area contributed by atoms with Crippen LogP contribution in [-0.2, 0) is 25.4 Å². The predicted molar refractivity (Wildman–Crippen MR) is 151 cm³/mol. The molecule has 2 aromatic carbocycles. The van der Waals surface area contributed by atoms with Gasteiger partial charge >= 0.3 is 11.9 Å². The summed E-state index contributed by atoms with van der Waals surface area (Å²) in [4.78, 5) is 24.6. The summed E-state index contributed by atoms with van der Waals surface area (Å²) in [6.07, 6.45) is 13.6. The average Bonchev–Trinajstić information content (AvgIpc) is 2.92. The van der Waals surface area contributed by atoms with E-state index in [2.05, 4.69) is 6.58 Å². The largest absolute Gasteiger partial charge is 0.462 e. The van der Waals surface area contributed by atoms with Crippen molar-refractivity contribution in [3.8, 4) is 0 Å². The minimum absolute atomic E-state index is 0.0769. The van der Waals surface area contributed by atoms with Gasteiger partial charge in [0.05, 0.1) is 18.3 Å². The number of benzene rings is 2. The number of carbonyl (C=O) groups excluding carboxylic acids is 2. The average molecular weight is 521 g/mol. The van der Waals surface area contributed by atoms with Crippen molar-refractivity contribution in [2.45, 2.75) is 70.0 Å². The summed E-state index contributed by atoms with van der Waals surface area (Å²) in [6.45, 7) is 4.74. The molecule has 1 aliphatic rings. The van der Waals surface area contributed by atoms with Gasteiger partial charge in [0.15, 0.2) is 0 Å². The van der Waals surface area contributed by atoms with Crippen molar-refractivity contribution >= 4 is 29.4 Å². The lowest BCUT2D eigenvalue weighted by atomic mass is 9.95. The Morgan fingerprint density at radius 1 is 0.921 bits per heavy atom. The van der Waals surface area contributed by atoms with Crippen molar-refractivity contribution in [2.75, 3.05) is 24.7 Å². The van der Waals surface area contributed by atoms with E-state index in [0.717, 1.165) is 56.3 Å². The van der Waals surface area contributed by atoms with Crippen LogP contribution >= 0.6 is 0 Å². The van der Waals surface area contributed by atoms with E-state index in [9.17, 15) is 9.59 Å². The molecule has 7 heteroatoms. The third kappa shape index (κ3) is 10.1. The number of hydrogen-bond acceptors (Lipinski definition) is 7. The third-order valence-corrected chi connectivity index (χ3v) is 6.64. The number of rotatable bonds is 14. The van der Waals surface area contributed by atoms with Gasteiger partial charge in [0.25, 0.3) is 0 Å². The number of allylic oxidation sites excluding steroid dienone is 1. The summed E-state index contributed by atoms with van der Waals surface area (Å²) in [7, 11) is 0. The van der Waals surface area contributed by atoms with Crippen LogP contribution < -0.4 is 11.5 Å². The molecule has 1 aliphatic carbocycles. The molecule has 0 atom stereocenters. The minimum Gasteiger partial charge on any atom is -0.462 e. The van der Waals surface area contributed by atoms with Crippen molar-refractivity contribution in [3.63, 3.8) is 0 Å². The predicted octanol–water partition coefficient (Wildman–Crippen LogP) is 5.88. The van der Waals surface area contributed by atoms with Crippen LogP contribution in [0.5, 0.6) is 0 Å². The van der Waals surface area contributed by atoms with Gasteiger partial charge in [-0.25, -0.2) is 9.59 Å². The molecule has 7 nitrogen and oxygen atoms in total. The Balaban J connectivity index is 1.34. The van der Waals surface area contributed by atoms with Crippen LogP contribution in [0.1, 0.15) is 72.9 Å². The van der Waals surface area contributed by atoms with Crippen molar-refractivity contribution in [1.29, 1.82) is 0 Å². The molecule has 1 saturated carbocycles. The molecule has 1 fully saturated rings. The maximum Gasteiger partial charge on any atom is 0.338 e. The lowest BCUT2D eigenvalue weighted by Gasteiger charge is -2.28. The standard InChI is InChI=1S/C31H40N2O5/c1-2-3-4-5-6-20-36-27-13-15-28(16-14-27)38-31(35)24-10-7-23(8-11-24)9-18-30(34)37-21-19-25-22-26(32)12-17-29(25)33/h2,7-12,17-18,22,27-28H,1,3-6,13-16,19-21,32-33H2/b18-9+. The molecule has 38 heavy (non-hydrogen) atoms. The van der Waals surface area contributed by atoms with Crippen LogP contribution in [0.15, 0.2) is 61.2 Å². The molecule has 204 valence electrons. The van der Waals surface area contributed by atoms with Crippen LogP contribution in [-0.4, -0.2) is 37.4 Å². The highest BCUT2D eigenvalue weighted by Crippen LogP contribution is 2.25. The van der Waals surface area contributed by atoms with Crippen LogP contribution in [0.3, 0.4) is 0 Å². The highest BCUT2D eigenvalue weighted by atomic mass is 16.5. The molecule has 0 spiro atoms. The van der Waals surface area contributed by atoms with Crippen molar-refractivity contribution in [3.05, 3.63) is 77.9 Å². The van der Waals surface area contributed by atoms with Gasteiger partial charge in [0.2, 0.25) is 0 Å². The Morgan fingerprint density at radius 3 is 2.39 bits per heavy atom. The molecular weight excluding hydrogens is 480 g/mol. The monoisotopic (exact) mass is 520 g/mol. The highest BCUT2D eigenvalue weighted by Gasteiger charge is 2.24. The van der Waals surface area contributed by atoms with Gasteiger partial charge in [-0.15, -0.1) is 6.58 Å². The Hall–Kier alpha value is -3.58. The topological polar surface area (TPSA) is 114 Å². The molecule has 2 aromatic rings. The first-order valence-electron chi connectivity index (χ1n) is 13.5. The summed E-state index contributed by atoms with van der Waals surface area (Å²) >= 11 is 0. The first-order chi connectivity index (χ1) is 18.4. The maximum atomic E-state index is 12.6. The van der Waals surface area contributed by atoms with Crippen molar-refractivity contribution in [1.82, 2.24) is 0 Å². The second kappa shape index (κ2) is 15.6. The van der Waals surface area contributed by atoms with Crippen LogP contribution in [0, 0.1) is 0 Å². The second-order valence-corrected chi connectivity index (χ2v) is 9.64. The molecule has 0 saturated heterocycles. The number of nitrogens with two attached hydrogens (primary N) is 2. The fourth-order valence-corrected chi connectivity index (χ4v) is 4.40.